The second-order valence-electron chi connectivity index (χ2n) is 3.71. The quantitative estimate of drug-likeness (QED) is 0.589. The molecule has 0 aliphatic carbocycles. The van der Waals surface area contributed by atoms with E-state index < -0.39 is 23.3 Å². The Bertz CT molecular complexity index is 266. The van der Waals surface area contributed by atoms with E-state index in [1.165, 1.54) is 0 Å². The Morgan fingerprint density at radius 3 is 2.00 bits per heavy atom. The molecule has 1 atom stereocenters. The first kappa shape index (κ1) is 14.0. The number of aliphatic hydroxyl groups is 1. The van der Waals surface area contributed by atoms with E-state index in [0.717, 1.165) is 19.9 Å². The Balaban J connectivity index is 5.01. The number of carbonyl (C=O) groups excluding carboxylic acids is 1. The predicted octanol–water partition coefficient (Wildman–Crippen LogP) is 1.81. The number of rotatable bonds is 3. The molecule has 0 saturated heterocycles. The number of hydrogen-bond donors (Lipinski definition) is 1. The fourth-order valence-corrected chi connectivity index (χ4v) is 0.734. The molecule has 15 heavy (non-hydrogen) atoms. The lowest BCUT2D eigenvalue weighted by molar-refractivity contribution is -0.305. The summed E-state index contributed by atoms with van der Waals surface area (Å²) < 4.78 is 41.7. The summed E-state index contributed by atoms with van der Waals surface area (Å²) in [5, 5.41) is 9.29. The van der Waals surface area contributed by atoms with Crippen molar-refractivity contribution < 1.29 is 27.8 Å². The van der Waals surface area contributed by atoms with E-state index >= 15 is 0 Å². The molecule has 0 rings (SSSR count). The number of carbonyl (C=O) groups is 1. The van der Waals surface area contributed by atoms with E-state index in [0.29, 0.717) is 6.92 Å². The standard InChI is InChI=1S/C9H13F3O3/c1-5-6(13)15-7(2,3)8(4,14)9(10,11)12/h5,14H,1H2,2-4H3. The summed E-state index contributed by atoms with van der Waals surface area (Å²) in [6, 6.07) is 0. The molecule has 0 aromatic carbocycles. The van der Waals surface area contributed by atoms with Gasteiger partial charge in [-0.2, -0.15) is 13.2 Å². The normalized spacial score (nSPS) is 16.7. The molecule has 0 amide bonds. The third-order valence-electron chi connectivity index (χ3n) is 2.25. The van der Waals surface area contributed by atoms with Crippen molar-refractivity contribution in [1.29, 1.82) is 0 Å². The molecule has 3 nitrogen and oxygen atoms in total. The highest BCUT2D eigenvalue weighted by Crippen LogP contribution is 2.40. The highest BCUT2D eigenvalue weighted by molar-refractivity contribution is 5.81. The maximum Gasteiger partial charge on any atom is 0.420 e. The first-order valence-corrected chi connectivity index (χ1v) is 4.10. The smallest absolute Gasteiger partial charge is 0.420 e. The van der Waals surface area contributed by atoms with Gasteiger partial charge in [-0.3, -0.25) is 0 Å². The Morgan fingerprint density at radius 1 is 1.33 bits per heavy atom. The van der Waals surface area contributed by atoms with Crippen molar-refractivity contribution in [2.75, 3.05) is 0 Å². The molecule has 1 N–H and O–H groups in total. The Kier molecular flexibility index (Phi) is 3.58. The topological polar surface area (TPSA) is 46.5 Å². The third kappa shape index (κ3) is 2.71. The summed E-state index contributed by atoms with van der Waals surface area (Å²) in [6.45, 7) is 5.54. The van der Waals surface area contributed by atoms with E-state index in [-0.39, 0.29) is 0 Å². The summed E-state index contributed by atoms with van der Waals surface area (Å²) >= 11 is 0. The van der Waals surface area contributed by atoms with Crippen LogP contribution in [0.1, 0.15) is 20.8 Å². The second-order valence-corrected chi connectivity index (χ2v) is 3.71. The molecular weight excluding hydrogens is 213 g/mol. The molecule has 0 saturated carbocycles. The van der Waals surface area contributed by atoms with Crippen LogP contribution in [0.3, 0.4) is 0 Å². The van der Waals surface area contributed by atoms with Gasteiger partial charge in [0.25, 0.3) is 0 Å². The molecule has 0 aliphatic rings. The zero-order valence-corrected chi connectivity index (χ0v) is 8.68. The molecule has 0 aromatic heterocycles. The average Bonchev–Trinajstić information content (AvgIpc) is 2.00. The summed E-state index contributed by atoms with van der Waals surface area (Å²) in [5.74, 6) is -1.02. The summed E-state index contributed by atoms with van der Waals surface area (Å²) in [6.07, 6.45) is -4.16. The maximum absolute atomic E-state index is 12.4. The van der Waals surface area contributed by atoms with Crippen LogP contribution in [0.25, 0.3) is 0 Å². The summed E-state index contributed by atoms with van der Waals surface area (Å²) in [4.78, 5) is 10.8. The lowest BCUT2D eigenvalue weighted by Gasteiger charge is -2.39. The van der Waals surface area contributed by atoms with Crippen LogP contribution >= 0.6 is 0 Å². The zero-order valence-electron chi connectivity index (χ0n) is 8.68. The Hall–Kier alpha value is -1.04. The van der Waals surface area contributed by atoms with Crippen LogP contribution in [-0.2, 0) is 9.53 Å². The highest BCUT2D eigenvalue weighted by atomic mass is 19.4. The van der Waals surface area contributed by atoms with Crippen molar-refractivity contribution in [3.05, 3.63) is 12.7 Å². The second kappa shape index (κ2) is 3.84. The van der Waals surface area contributed by atoms with Crippen molar-refractivity contribution >= 4 is 5.97 Å². The van der Waals surface area contributed by atoms with Gasteiger partial charge in [-0.15, -0.1) is 0 Å². The lowest BCUT2D eigenvalue weighted by atomic mass is 9.87. The fourth-order valence-electron chi connectivity index (χ4n) is 0.734. The van der Waals surface area contributed by atoms with E-state index in [9.17, 15) is 23.1 Å². The van der Waals surface area contributed by atoms with Crippen LogP contribution < -0.4 is 0 Å². The van der Waals surface area contributed by atoms with Crippen LogP contribution in [0.4, 0.5) is 13.2 Å². The third-order valence-corrected chi connectivity index (χ3v) is 2.25. The molecule has 0 aliphatic heterocycles. The number of hydrogen-bond acceptors (Lipinski definition) is 3. The molecule has 0 spiro atoms. The molecule has 6 heteroatoms. The monoisotopic (exact) mass is 226 g/mol. The van der Waals surface area contributed by atoms with Gasteiger partial charge in [0.05, 0.1) is 0 Å². The fraction of sp³-hybridized carbons (Fsp3) is 0.667. The van der Waals surface area contributed by atoms with Gasteiger partial charge in [0, 0.05) is 6.08 Å². The van der Waals surface area contributed by atoms with Gasteiger partial charge in [-0.25, -0.2) is 4.79 Å². The van der Waals surface area contributed by atoms with E-state index in [4.69, 9.17) is 0 Å². The van der Waals surface area contributed by atoms with Crippen molar-refractivity contribution in [1.82, 2.24) is 0 Å². The van der Waals surface area contributed by atoms with Gasteiger partial charge in [-0.05, 0) is 20.8 Å². The number of halogens is 3. The first-order chi connectivity index (χ1) is 6.45. The van der Waals surface area contributed by atoms with Crippen LogP contribution in [0.2, 0.25) is 0 Å². The minimum Gasteiger partial charge on any atom is -0.453 e. The number of alkyl halides is 3. The summed E-state index contributed by atoms with van der Waals surface area (Å²) in [5.41, 5.74) is -5.21. The van der Waals surface area contributed by atoms with Gasteiger partial charge in [0.2, 0.25) is 0 Å². The molecule has 0 fully saturated rings. The largest absolute Gasteiger partial charge is 0.453 e. The van der Waals surface area contributed by atoms with Gasteiger partial charge in [0.1, 0.15) is 5.60 Å². The van der Waals surface area contributed by atoms with Crippen molar-refractivity contribution in [3.63, 3.8) is 0 Å². The van der Waals surface area contributed by atoms with Gasteiger partial charge < -0.3 is 9.84 Å². The van der Waals surface area contributed by atoms with Crippen LogP contribution in [0.15, 0.2) is 12.7 Å². The number of ether oxygens (including phenoxy) is 1. The maximum atomic E-state index is 12.4. The Morgan fingerprint density at radius 2 is 1.73 bits per heavy atom. The van der Waals surface area contributed by atoms with Crippen molar-refractivity contribution in [3.8, 4) is 0 Å². The minimum absolute atomic E-state index is 0.545. The summed E-state index contributed by atoms with van der Waals surface area (Å²) in [7, 11) is 0. The lowest BCUT2D eigenvalue weighted by Crippen LogP contribution is -2.59. The van der Waals surface area contributed by atoms with Crippen LogP contribution in [0, 0.1) is 0 Å². The van der Waals surface area contributed by atoms with Gasteiger partial charge >= 0.3 is 12.1 Å². The minimum atomic E-state index is -4.89. The molecule has 0 radical (unpaired) electrons. The van der Waals surface area contributed by atoms with Crippen molar-refractivity contribution in [2.24, 2.45) is 0 Å². The zero-order chi connectivity index (χ0) is 12.5. The van der Waals surface area contributed by atoms with Gasteiger partial charge in [-0.1, -0.05) is 6.58 Å². The first-order valence-electron chi connectivity index (χ1n) is 4.10. The Labute approximate surface area is 85.5 Å². The predicted molar refractivity (Wildman–Crippen MR) is 47.0 cm³/mol. The molecule has 0 bridgehead atoms. The highest BCUT2D eigenvalue weighted by Gasteiger charge is 2.61. The van der Waals surface area contributed by atoms with Crippen molar-refractivity contribution in [2.45, 2.75) is 38.1 Å². The average molecular weight is 226 g/mol. The van der Waals surface area contributed by atoms with Gasteiger partial charge in [0.15, 0.2) is 5.60 Å². The number of esters is 1. The molecule has 0 heterocycles. The molecule has 1 unspecified atom stereocenters. The van der Waals surface area contributed by atoms with Crippen LogP contribution in [-0.4, -0.2) is 28.5 Å². The molecular formula is C9H13F3O3. The SMILES string of the molecule is C=CC(=O)OC(C)(C)C(C)(O)C(F)(F)F. The molecule has 88 valence electrons. The van der Waals surface area contributed by atoms with E-state index in [2.05, 4.69) is 11.3 Å². The molecule has 0 aromatic rings. The van der Waals surface area contributed by atoms with E-state index in [1.807, 2.05) is 0 Å². The van der Waals surface area contributed by atoms with E-state index in [1.54, 1.807) is 0 Å². The van der Waals surface area contributed by atoms with Crippen LogP contribution in [0.5, 0.6) is 0 Å².